The molecule has 1 amide bonds. The molecule has 0 aromatic heterocycles. The monoisotopic (exact) mass is 429 g/mol. The zero-order valence-corrected chi connectivity index (χ0v) is 16.8. The number of amides is 1. The summed E-state index contributed by atoms with van der Waals surface area (Å²) in [5.74, 6) is -1.11. The molecule has 26 heavy (non-hydrogen) atoms. The van der Waals surface area contributed by atoms with Crippen molar-refractivity contribution in [2.75, 3.05) is 18.6 Å². The molecule has 0 spiro atoms. The molecule has 8 heteroatoms. The van der Waals surface area contributed by atoms with E-state index in [-0.39, 0.29) is 12.5 Å². The molecule has 2 aliphatic heterocycles. The van der Waals surface area contributed by atoms with E-state index in [1.165, 1.54) is 12.0 Å². The SMILES string of the molecule is CO[C@@H]1OC(=O)N(c2ccc(Br)cc2)[C@H]1[C@H](C)[C@H](O)[C@H]1COC(C)(C)O1. The summed E-state index contributed by atoms with van der Waals surface area (Å²) >= 11 is 3.39. The predicted octanol–water partition coefficient (Wildman–Crippen LogP) is 2.90. The lowest BCUT2D eigenvalue weighted by Gasteiger charge is -2.33. The third-order valence-electron chi connectivity index (χ3n) is 4.82. The van der Waals surface area contributed by atoms with Crippen molar-refractivity contribution in [1.29, 1.82) is 0 Å². The molecule has 2 fully saturated rings. The third-order valence-corrected chi connectivity index (χ3v) is 5.35. The van der Waals surface area contributed by atoms with Gasteiger partial charge in [-0.2, -0.15) is 0 Å². The van der Waals surface area contributed by atoms with E-state index in [0.717, 1.165) is 4.47 Å². The van der Waals surface area contributed by atoms with E-state index in [9.17, 15) is 9.90 Å². The Morgan fingerprint density at radius 3 is 2.54 bits per heavy atom. The number of methoxy groups -OCH3 is 1. The first kappa shape index (κ1) is 19.6. The molecule has 0 radical (unpaired) electrons. The number of hydrogen-bond donors (Lipinski definition) is 1. The summed E-state index contributed by atoms with van der Waals surface area (Å²) in [5.41, 5.74) is 0.672. The van der Waals surface area contributed by atoms with Crippen LogP contribution in [-0.4, -0.2) is 55.2 Å². The summed E-state index contributed by atoms with van der Waals surface area (Å²) in [7, 11) is 1.48. The van der Waals surface area contributed by atoms with Gasteiger partial charge in [-0.15, -0.1) is 0 Å². The molecule has 7 nitrogen and oxygen atoms in total. The number of carbonyl (C=O) groups is 1. The van der Waals surface area contributed by atoms with Gasteiger partial charge < -0.3 is 24.1 Å². The minimum absolute atomic E-state index is 0.288. The van der Waals surface area contributed by atoms with Crippen LogP contribution in [0, 0.1) is 5.92 Å². The number of aliphatic hydroxyl groups excluding tert-OH is 1. The first-order chi connectivity index (χ1) is 12.2. The Hall–Kier alpha value is -1.19. The van der Waals surface area contributed by atoms with Gasteiger partial charge in [-0.25, -0.2) is 4.79 Å². The number of cyclic esters (lactones) is 1. The Balaban J connectivity index is 1.85. The van der Waals surface area contributed by atoms with Crippen LogP contribution in [-0.2, 0) is 18.9 Å². The van der Waals surface area contributed by atoms with E-state index in [4.69, 9.17) is 18.9 Å². The average Bonchev–Trinajstić information content (AvgIpc) is 3.13. The molecule has 5 atom stereocenters. The summed E-state index contributed by atoms with van der Waals surface area (Å²) in [6.45, 7) is 5.75. The second-order valence-corrected chi connectivity index (χ2v) is 7.96. The highest BCUT2D eigenvalue weighted by Crippen LogP contribution is 2.36. The van der Waals surface area contributed by atoms with Crippen LogP contribution in [0.4, 0.5) is 10.5 Å². The molecule has 144 valence electrons. The maximum absolute atomic E-state index is 12.5. The number of carbonyl (C=O) groups excluding carboxylic acids is 1. The van der Waals surface area contributed by atoms with Gasteiger partial charge in [0.2, 0.25) is 6.29 Å². The fourth-order valence-corrected chi connectivity index (χ4v) is 3.71. The van der Waals surface area contributed by atoms with Gasteiger partial charge in [-0.05, 0) is 38.1 Å². The molecule has 2 saturated heterocycles. The molecule has 3 rings (SSSR count). The van der Waals surface area contributed by atoms with Gasteiger partial charge in [-0.3, -0.25) is 4.90 Å². The predicted molar refractivity (Wildman–Crippen MR) is 97.8 cm³/mol. The second kappa shape index (κ2) is 7.44. The van der Waals surface area contributed by atoms with Crippen molar-refractivity contribution in [1.82, 2.24) is 0 Å². The topological polar surface area (TPSA) is 77.5 Å². The number of aliphatic hydroxyl groups is 1. The van der Waals surface area contributed by atoms with Gasteiger partial charge in [-0.1, -0.05) is 22.9 Å². The summed E-state index contributed by atoms with van der Waals surface area (Å²) in [6.07, 6.45) is -2.63. The van der Waals surface area contributed by atoms with Gasteiger partial charge >= 0.3 is 6.09 Å². The highest BCUT2D eigenvalue weighted by Gasteiger charge is 2.50. The van der Waals surface area contributed by atoms with Crippen LogP contribution in [0.1, 0.15) is 20.8 Å². The summed E-state index contributed by atoms with van der Waals surface area (Å²) in [5, 5.41) is 10.9. The summed E-state index contributed by atoms with van der Waals surface area (Å²) in [6, 6.07) is 6.81. The van der Waals surface area contributed by atoms with Gasteiger partial charge in [0.15, 0.2) is 5.79 Å². The first-order valence-corrected chi connectivity index (χ1v) is 9.31. The van der Waals surface area contributed by atoms with E-state index in [1.54, 1.807) is 13.8 Å². The maximum atomic E-state index is 12.5. The Morgan fingerprint density at radius 1 is 1.35 bits per heavy atom. The first-order valence-electron chi connectivity index (χ1n) is 8.51. The van der Waals surface area contributed by atoms with Crippen molar-refractivity contribution in [3.05, 3.63) is 28.7 Å². The molecule has 2 aliphatic rings. The molecular weight excluding hydrogens is 406 g/mol. The number of rotatable bonds is 5. The number of anilines is 1. The summed E-state index contributed by atoms with van der Waals surface area (Å²) in [4.78, 5) is 14.0. The third kappa shape index (κ3) is 3.75. The fourth-order valence-electron chi connectivity index (χ4n) is 3.44. The smallest absolute Gasteiger partial charge is 0.417 e. The zero-order chi connectivity index (χ0) is 19.1. The van der Waals surface area contributed by atoms with Crippen molar-refractivity contribution in [2.45, 2.75) is 51.1 Å². The lowest BCUT2D eigenvalue weighted by molar-refractivity contribution is -0.158. The minimum atomic E-state index is -0.855. The summed E-state index contributed by atoms with van der Waals surface area (Å²) < 4.78 is 23.0. The van der Waals surface area contributed by atoms with Crippen LogP contribution in [0.2, 0.25) is 0 Å². The van der Waals surface area contributed by atoms with Gasteiger partial charge in [0.25, 0.3) is 0 Å². The number of ether oxygens (including phenoxy) is 4. The van der Waals surface area contributed by atoms with E-state index in [1.807, 2.05) is 31.2 Å². The van der Waals surface area contributed by atoms with Gasteiger partial charge in [0.1, 0.15) is 12.1 Å². The van der Waals surface area contributed by atoms with Gasteiger partial charge in [0, 0.05) is 23.2 Å². The molecule has 1 aromatic rings. The van der Waals surface area contributed by atoms with E-state index < -0.39 is 36.4 Å². The van der Waals surface area contributed by atoms with Crippen LogP contribution in [0.5, 0.6) is 0 Å². The van der Waals surface area contributed by atoms with Gasteiger partial charge in [0.05, 0.1) is 12.7 Å². The highest BCUT2D eigenvalue weighted by molar-refractivity contribution is 9.10. The molecule has 0 saturated carbocycles. The second-order valence-electron chi connectivity index (χ2n) is 7.04. The largest absolute Gasteiger partial charge is 0.417 e. The molecule has 0 unspecified atom stereocenters. The number of benzene rings is 1. The standard InChI is InChI=1S/C18H24BrNO6/c1-10(15(21)13-9-24-18(2,3)26-13)14-16(23-4)25-17(22)20(14)12-7-5-11(19)6-8-12/h5-8,10,13-16,21H,9H2,1-4H3/t10-,13+,14-,15-,16+/m0/s1. The van der Waals surface area contributed by atoms with E-state index >= 15 is 0 Å². The van der Waals surface area contributed by atoms with Crippen LogP contribution in [0.15, 0.2) is 28.7 Å². The van der Waals surface area contributed by atoms with Crippen molar-refractivity contribution in [3.63, 3.8) is 0 Å². The highest BCUT2D eigenvalue weighted by atomic mass is 79.9. The number of hydrogen-bond acceptors (Lipinski definition) is 6. The number of halogens is 1. The fraction of sp³-hybridized carbons (Fsp3) is 0.611. The Bertz CT molecular complexity index is 652. The van der Waals surface area contributed by atoms with Crippen LogP contribution >= 0.6 is 15.9 Å². The Labute approximate surface area is 161 Å². The normalized spacial score (nSPS) is 30.3. The van der Waals surface area contributed by atoms with E-state index in [2.05, 4.69) is 15.9 Å². The van der Waals surface area contributed by atoms with Crippen molar-refractivity contribution in [2.24, 2.45) is 5.92 Å². The lowest BCUT2D eigenvalue weighted by atomic mass is 9.91. The Kier molecular flexibility index (Phi) is 5.60. The minimum Gasteiger partial charge on any atom is -0.417 e. The Morgan fingerprint density at radius 2 is 2.00 bits per heavy atom. The quantitative estimate of drug-likeness (QED) is 0.774. The maximum Gasteiger partial charge on any atom is 0.417 e. The molecule has 1 N–H and O–H groups in total. The zero-order valence-electron chi connectivity index (χ0n) is 15.2. The van der Waals surface area contributed by atoms with Crippen molar-refractivity contribution < 1.29 is 28.8 Å². The molecule has 0 bridgehead atoms. The van der Waals surface area contributed by atoms with Crippen LogP contribution in [0.25, 0.3) is 0 Å². The van der Waals surface area contributed by atoms with Crippen LogP contribution < -0.4 is 4.90 Å². The molecule has 0 aliphatic carbocycles. The molecule has 1 aromatic carbocycles. The molecule has 2 heterocycles. The van der Waals surface area contributed by atoms with Crippen molar-refractivity contribution >= 4 is 27.7 Å². The van der Waals surface area contributed by atoms with Crippen LogP contribution in [0.3, 0.4) is 0 Å². The average molecular weight is 430 g/mol. The lowest BCUT2D eigenvalue weighted by Crippen LogP contribution is -2.50. The van der Waals surface area contributed by atoms with E-state index in [0.29, 0.717) is 5.69 Å². The molecular formula is C18H24BrNO6. The van der Waals surface area contributed by atoms with Crippen molar-refractivity contribution in [3.8, 4) is 0 Å². The number of nitrogens with zero attached hydrogens (tertiary/aromatic N) is 1.